The van der Waals surface area contributed by atoms with Gasteiger partial charge < -0.3 is 9.47 Å². The van der Waals surface area contributed by atoms with E-state index >= 15 is 0 Å². The molecule has 2 saturated carbocycles. The zero-order chi connectivity index (χ0) is 22.7. The summed E-state index contributed by atoms with van der Waals surface area (Å²) in [5, 5.41) is 0. The monoisotopic (exact) mass is 484 g/mol. The molecule has 0 atom stereocenters. The molecule has 31 heavy (non-hydrogen) atoms. The van der Waals surface area contributed by atoms with Crippen LogP contribution in [0, 0.1) is 11.8 Å². The molecule has 2 aliphatic rings. The highest BCUT2D eigenvalue weighted by Crippen LogP contribution is 2.25. The summed E-state index contributed by atoms with van der Waals surface area (Å²) in [4.78, 5) is 23.7. The van der Waals surface area contributed by atoms with Crippen LogP contribution in [0.5, 0.6) is 0 Å². The number of esters is 2. The van der Waals surface area contributed by atoms with Gasteiger partial charge in [-0.05, 0) is 32.1 Å². The topological polar surface area (TPSA) is 139 Å². The van der Waals surface area contributed by atoms with Crippen LogP contribution in [-0.2, 0) is 47.7 Å². The second-order valence-corrected chi connectivity index (χ2v) is 11.5. The van der Waals surface area contributed by atoms with Gasteiger partial charge in [-0.3, -0.25) is 9.59 Å². The van der Waals surface area contributed by atoms with Crippen LogP contribution < -0.4 is 0 Å². The van der Waals surface area contributed by atoms with E-state index in [4.69, 9.17) is 9.47 Å². The highest BCUT2D eigenvalue weighted by Gasteiger charge is 2.25. The third kappa shape index (κ3) is 10.3. The van der Waals surface area contributed by atoms with Gasteiger partial charge in [-0.15, -0.1) is 0 Å². The zero-order valence-corrected chi connectivity index (χ0v) is 19.3. The minimum Gasteiger partial charge on any atom is -0.437 e. The Morgan fingerprint density at radius 1 is 0.613 bits per heavy atom. The third-order valence-electron chi connectivity index (χ3n) is 5.52. The molecule has 2 aliphatic carbocycles. The Bertz CT molecular complexity index is 713. The van der Waals surface area contributed by atoms with Crippen molar-refractivity contribution in [1.29, 1.82) is 0 Å². The third-order valence-corrected chi connectivity index (χ3v) is 8.01. The molecular weight excluding hydrogens is 452 g/mol. The van der Waals surface area contributed by atoms with E-state index in [1.165, 1.54) is 0 Å². The summed E-state index contributed by atoms with van der Waals surface area (Å²) in [6.07, 6.45) is 8.51. The lowest BCUT2D eigenvalue weighted by Gasteiger charge is -2.19. The largest absolute Gasteiger partial charge is 0.437 e. The normalized spacial score (nSPS) is 19.1. The van der Waals surface area contributed by atoms with Crippen LogP contribution in [-0.4, -0.2) is 53.9 Å². The molecule has 180 valence electrons. The van der Waals surface area contributed by atoms with E-state index in [2.05, 4.69) is 8.37 Å². The Morgan fingerprint density at radius 3 is 1.32 bits per heavy atom. The SMILES string of the molecule is O=C(OCOS(=O)(=O)CCCS(=O)(=O)OCOC(=O)C1CCCCC1)C1CCCCC1. The number of ether oxygens (including phenoxy) is 2. The molecule has 0 unspecified atom stereocenters. The van der Waals surface area contributed by atoms with Gasteiger partial charge in [0.05, 0.1) is 23.3 Å². The van der Waals surface area contributed by atoms with Crippen molar-refractivity contribution in [3.63, 3.8) is 0 Å². The maximum Gasteiger partial charge on any atom is 0.311 e. The van der Waals surface area contributed by atoms with Gasteiger partial charge in [0.1, 0.15) is 0 Å². The minimum atomic E-state index is -4.06. The van der Waals surface area contributed by atoms with Crippen LogP contribution in [0.15, 0.2) is 0 Å². The number of hydrogen-bond donors (Lipinski definition) is 0. The van der Waals surface area contributed by atoms with Crippen LogP contribution in [0.25, 0.3) is 0 Å². The quantitative estimate of drug-likeness (QED) is 0.230. The Labute approximate surface area is 184 Å². The fourth-order valence-electron chi connectivity index (χ4n) is 3.75. The average molecular weight is 485 g/mol. The van der Waals surface area contributed by atoms with E-state index < -0.39 is 57.3 Å². The predicted octanol–water partition coefficient (Wildman–Crippen LogP) is 2.23. The fraction of sp³-hybridized carbons (Fsp3) is 0.895. The predicted molar refractivity (Wildman–Crippen MR) is 109 cm³/mol. The molecule has 0 saturated heterocycles. The molecule has 2 rings (SSSR count). The molecule has 0 aromatic rings. The number of carbonyl (C=O) groups excluding carboxylic acids is 2. The van der Waals surface area contributed by atoms with E-state index in [0.29, 0.717) is 0 Å². The molecule has 0 heterocycles. The first-order chi connectivity index (χ1) is 14.7. The lowest BCUT2D eigenvalue weighted by atomic mass is 9.89. The minimum absolute atomic E-state index is 0.227. The van der Waals surface area contributed by atoms with Crippen molar-refractivity contribution in [2.75, 3.05) is 25.1 Å². The summed E-state index contributed by atoms with van der Waals surface area (Å²) in [5.74, 6) is -2.58. The van der Waals surface area contributed by atoms with Gasteiger partial charge in [0.25, 0.3) is 20.2 Å². The van der Waals surface area contributed by atoms with Gasteiger partial charge in [0.2, 0.25) is 13.6 Å². The van der Waals surface area contributed by atoms with Crippen molar-refractivity contribution in [2.45, 2.75) is 70.6 Å². The van der Waals surface area contributed by atoms with Crippen molar-refractivity contribution < 1.29 is 44.3 Å². The molecule has 0 aromatic carbocycles. The number of rotatable bonds is 12. The molecular formula is C19H32O10S2. The fourth-order valence-corrected chi connectivity index (χ4v) is 5.56. The van der Waals surface area contributed by atoms with E-state index in [9.17, 15) is 26.4 Å². The number of hydrogen-bond acceptors (Lipinski definition) is 10. The summed E-state index contributed by atoms with van der Waals surface area (Å²) in [6.45, 7) is -1.45. The first-order valence-electron chi connectivity index (χ1n) is 10.8. The molecule has 0 aromatic heterocycles. The van der Waals surface area contributed by atoms with Crippen LogP contribution in [0.4, 0.5) is 0 Å². The molecule has 0 spiro atoms. The van der Waals surface area contributed by atoms with Crippen molar-refractivity contribution in [1.82, 2.24) is 0 Å². The molecule has 0 radical (unpaired) electrons. The summed E-state index contributed by atoms with van der Waals surface area (Å²) in [7, 11) is -8.12. The molecule has 0 amide bonds. The van der Waals surface area contributed by atoms with Crippen LogP contribution in [0.3, 0.4) is 0 Å². The first-order valence-corrected chi connectivity index (χ1v) is 13.9. The van der Waals surface area contributed by atoms with E-state index in [-0.39, 0.29) is 18.3 Å². The van der Waals surface area contributed by atoms with E-state index in [1.54, 1.807) is 0 Å². The van der Waals surface area contributed by atoms with Gasteiger partial charge >= 0.3 is 11.9 Å². The van der Waals surface area contributed by atoms with Gasteiger partial charge in [-0.2, -0.15) is 16.8 Å². The smallest absolute Gasteiger partial charge is 0.311 e. The summed E-state index contributed by atoms with van der Waals surface area (Å²) in [5.41, 5.74) is 0. The zero-order valence-electron chi connectivity index (χ0n) is 17.7. The van der Waals surface area contributed by atoms with Crippen LogP contribution >= 0.6 is 0 Å². The molecule has 0 aliphatic heterocycles. The summed E-state index contributed by atoms with van der Waals surface area (Å²) < 4.78 is 66.3. The lowest BCUT2D eigenvalue weighted by Crippen LogP contribution is -2.24. The van der Waals surface area contributed by atoms with Crippen molar-refractivity contribution >= 4 is 32.2 Å². The molecule has 12 heteroatoms. The maximum atomic E-state index is 11.9. The maximum absolute atomic E-state index is 11.9. The van der Waals surface area contributed by atoms with Gasteiger partial charge in [-0.25, -0.2) is 8.37 Å². The van der Waals surface area contributed by atoms with E-state index in [0.717, 1.165) is 64.2 Å². The van der Waals surface area contributed by atoms with Crippen LogP contribution in [0.2, 0.25) is 0 Å². The van der Waals surface area contributed by atoms with Crippen molar-refractivity contribution in [2.24, 2.45) is 11.8 Å². The highest BCUT2D eigenvalue weighted by molar-refractivity contribution is 7.87. The Hall–Kier alpha value is -1.24. The summed E-state index contributed by atoms with van der Waals surface area (Å²) in [6, 6.07) is 0. The highest BCUT2D eigenvalue weighted by atomic mass is 32.2. The van der Waals surface area contributed by atoms with Gasteiger partial charge in [0, 0.05) is 0 Å². The van der Waals surface area contributed by atoms with Gasteiger partial charge in [0.15, 0.2) is 0 Å². The molecule has 0 bridgehead atoms. The standard InChI is InChI=1S/C19H32O10S2/c20-18(16-8-3-1-4-9-16)26-14-28-30(22,23)12-7-13-31(24,25)29-15-27-19(21)17-10-5-2-6-11-17/h16-17H,1-15H2. The van der Waals surface area contributed by atoms with Crippen LogP contribution in [0.1, 0.15) is 70.6 Å². The molecule has 10 nitrogen and oxygen atoms in total. The first kappa shape index (κ1) is 26.0. The average Bonchev–Trinajstić information content (AvgIpc) is 2.74. The second-order valence-electron chi connectivity index (χ2n) is 7.95. The lowest BCUT2D eigenvalue weighted by molar-refractivity contribution is -0.157. The Kier molecular flexibility index (Phi) is 10.7. The Balaban J connectivity index is 1.59. The van der Waals surface area contributed by atoms with Gasteiger partial charge in [-0.1, -0.05) is 38.5 Å². The van der Waals surface area contributed by atoms with E-state index in [1.807, 2.05) is 0 Å². The Morgan fingerprint density at radius 2 is 0.968 bits per heavy atom. The molecule has 2 fully saturated rings. The molecule has 0 N–H and O–H groups in total. The second kappa shape index (κ2) is 12.7. The summed E-state index contributed by atoms with van der Waals surface area (Å²) >= 11 is 0. The van der Waals surface area contributed by atoms with Crippen molar-refractivity contribution in [3.8, 4) is 0 Å². The van der Waals surface area contributed by atoms with Crippen molar-refractivity contribution in [3.05, 3.63) is 0 Å². The number of carbonyl (C=O) groups is 2.